The summed E-state index contributed by atoms with van der Waals surface area (Å²) in [6, 6.07) is 5.44. The summed E-state index contributed by atoms with van der Waals surface area (Å²) in [5.41, 5.74) is 7.86. The number of rotatable bonds is 3. The van der Waals surface area contributed by atoms with E-state index in [-0.39, 0.29) is 5.82 Å². The maximum Gasteiger partial charge on any atom is 0.128 e. The van der Waals surface area contributed by atoms with E-state index in [0.29, 0.717) is 12.0 Å². The Morgan fingerprint density at radius 2 is 1.76 bits per heavy atom. The van der Waals surface area contributed by atoms with Crippen molar-refractivity contribution in [2.24, 2.45) is 11.1 Å². The number of nitrogens with zero attached hydrogens (tertiary/aromatic N) is 1. The molecule has 1 heterocycles. The van der Waals surface area contributed by atoms with Crippen LogP contribution in [0.1, 0.15) is 56.1 Å². The number of nitrogens with two attached hydrogens (primary N) is 1. The van der Waals surface area contributed by atoms with Crippen LogP contribution in [-0.2, 0) is 13.1 Å². The molecule has 1 aromatic carbocycles. The molecular formula is C18H27FN2. The fraction of sp³-hybridized carbons (Fsp3) is 0.667. The van der Waals surface area contributed by atoms with E-state index >= 15 is 0 Å². The van der Waals surface area contributed by atoms with Crippen molar-refractivity contribution in [3.63, 3.8) is 0 Å². The number of likely N-dealkylation sites (tertiary alicyclic amines) is 1. The molecule has 1 spiro atoms. The summed E-state index contributed by atoms with van der Waals surface area (Å²) in [7, 11) is 0. The second-order valence-electron chi connectivity index (χ2n) is 6.97. The Labute approximate surface area is 127 Å². The Hall–Kier alpha value is -0.930. The Morgan fingerprint density at radius 3 is 2.38 bits per heavy atom. The predicted octanol–water partition coefficient (Wildman–Crippen LogP) is 3.83. The lowest BCUT2D eigenvalue weighted by molar-refractivity contribution is 0.0636. The minimum absolute atomic E-state index is 0.101. The fourth-order valence-corrected chi connectivity index (χ4v) is 4.07. The van der Waals surface area contributed by atoms with Crippen LogP contribution in [0.4, 0.5) is 4.39 Å². The minimum Gasteiger partial charge on any atom is -0.326 e. The first-order valence-corrected chi connectivity index (χ1v) is 8.41. The first kappa shape index (κ1) is 15.0. The first-order valence-electron chi connectivity index (χ1n) is 8.41. The highest BCUT2D eigenvalue weighted by molar-refractivity contribution is 5.24. The molecule has 116 valence electrons. The van der Waals surface area contributed by atoms with Crippen LogP contribution in [0.5, 0.6) is 0 Å². The van der Waals surface area contributed by atoms with Gasteiger partial charge in [-0.2, -0.15) is 0 Å². The molecule has 3 heteroatoms. The Balaban J connectivity index is 1.57. The molecule has 1 aromatic rings. The smallest absolute Gasteiger partial charge is 0.128 e. The lowest BCUT2D eigenvalue weighted by Gasteiger charge is -2.44. The van der Waals surface area contributed by atoms with E-state index in [2.05, 4.69) is 4.90 Å². The molecule has 3 rings (SSSR count). The lowest BCUT2D eigenvalue weighted by atomic mass is 9.68. The molecule has 2 nitrogen and oxygen atoms in total. The Morgan fingerprint density at radius 1 is 1.05 bits per heavy atom. The molecule has 2 aliphatic rings. The average Bonchev–Trinajstić information content (AvgIpc) is 2.52. The van der Waals surface area contributed by atoms with Gasteiger partial charge in [-0.1, -0.05) is 31.4 Å². The topological polar surface area (TPSA) is 29.3 Å². The van der Waals surface area contributed by atoms with Gasteiger partial charge in [0.25, 0.3) is 0 Å². The standard InChI is InChI=1S/C18H27FN2/c19-17-12-15(13-20)4-5-16(17)14-21-10-8-18(9-11-21)6-2-1-3-7-18/h4-5,12H,1-3,6-11,13-14,20H2. The van der Waals surface area contributed by atoms with E-state index in [0.717, 1.165) is 30.8 Å². The maximum atomic E-state index is 14.1. The predicted molar refractivity (Wildman–Crippen MR) is 84.3 cm³/mol. The van der Waals surface area contributed by atoms with Crippen LogP contribution in [0.2, 0.25) is 0 Å². The van der Waals surface area contributed by atoms with Gasteiger partial charge in [-0.15, -0.1) is 0 Å². The van der Waals surface area contributed by atoms with Crippen molar-refractivity contribution in [3.8, 4) is 0 Å². The van der Waals surface area contributed by atoms with Crippen molar-refractivity contribution in [1.29, 1.82) is 0 Å². The molecular weight excluding hydrogens is 263 g/mol. The number of piperidine rings is 1. The second kappa shape index (κ2) is 6.45. The van der Waals surface area contributed by atoms with Gasteiger partial charge in [0.1, 0.15) is 5.82 Å². The van der Waals surface area contributed by atoms with Crippen LogP contribution in [0.25, 0.3) is 0 Å². The van der Waals surface area contributed by atoms with E-state index in [4.69, 9.17) is 5.73 Å². The molecule has 0 aromatic heterocycles. The highest BCUT2D eigenvalue weighted by atomic mass is 19.1. The van der Waals surface area contributed by atoms with E-state index in [9.17, 15) is 4.39 Å². The van der Waals surface area contributed by atoms with Crippen LogP contribution < -0.4 is 5.73 Å². The van der Waals surface area contributed by atoms with Crippen LogP contribution >= 0.6 is 0 Å². The summed E-state index contributed by atoms with van der Waals surface area (Å²) in [6.07, 6.45) is 9.68. The highest BCUT2D eigenvalue weighted by Crippen LogP contribution is 2.44. The third-order valence-electron chi connectivity index (χ3n) is 5.58. The lowest BCUT2D eigenvalue weighted by Crippen LogP contribution is -2.40. The van der Waals surface area contributed by atoms with Gasteiger partial charge in [-0.25, -0.2) is 4.39 Å². The van der Waals surface area contributed by atoms with Crippen LogP contribution in [-0.4, -0.2) is 18.0 Å². The van der Waals surface area contributed by atoms with Gasteiger partial charge in [0.15, 0.2) is 0 Å². The van der Waals surface area contributed by atoms with E-state index in [1.165, 1.54) is 44.9 Å². The molecule has 0 radical (unpaired) electrons. The zero-order valence-electron chi connectivity index (χ0n) is 12.9. The number of halogens is 1. The van der Waals surface area contributed by atoms with Gasteiger partial charge in [-0.3, -0.25) is 4.90 Å². The summed E-state index contributed by atoms with van der Waals surface area (Å²) in [4.78, 5) is 2.42. The molecule has 1 aliphatic carbocycles. The normalized spacial score (nSPS) is 22.6. The molecule has 0 bridgehead atoms. The molecule has 2 fully saturated rings. The maximum absolute atomic E-state index is 14.1. The molecule has 2 N–H and O–H groups in total. The van der Waals surface area contributed by atoms with Crippen molar-refractivity contribution >= 4 is 0 Å². The number of benzene rings is 1. The number of hydrogen-bond acceptors (Lipinski definition) is 2. The van der Waals surface area contributed by atoms with Crippen molar-refractivity contribution in [1.82, 2.24) is 4.90 Å². The molecule has 0 amide bonds. The highest BCUT2D eigenvalue weighted by Gasteiger charge is 2.35. The minimum atomic E-state index is -0.101. The molecule has 1 saturated heterocycles. The molecule has 1 aliphatic heterocycles. The largest absolute Gasteiger partial charge is 0.326 e. The van der Waals surface area contributed by atoms with Crippen molar-refractivity contribution in [2.45, 2.75) is 58.0 Å². The van der Waals surface area contributed by atoms with Crippen molar-refractivity contribution in [3.05, 3.63) is 35.1 Å². The van der Waals surface area contributed by atoms with Gasteiger partial charge < -0.3 is 5.73 Å². The van der Waals surface area contributed by atoms with Gasteiger partial charge in [0.05, 0.1) is 0 Å². The van der Waals surface area contributed by atoms with Crippen LogP contribution in [0.15, 0.2) is 18.2 Å². The third kappa shape index (κ3) is 3.46. The average molecular weight is 290 g/mol. The zero-order valence-corrected chi connectivity index (χ0v) is 12.9. The molecule has 21 heavy (non-hydrogen) atoms. The summed E-state index contributed by atoms with van der Waals surface area (Å²) in [6.45, 7) is 3.40. The van der Waals surface area contributed by atoms with E-state index < -0.39 is 0 Å². The summed E-state index contributed by atoms with van der Waals surface area (Å²) >= 11 is 0. The third-order valence-corrected chi connectivity index (χ3v) is 5.58. The van der Waals surface area contributed by atoms with Gasteiger partial charge in [0, 0.05) is 18.7 Å². The second-order valence-corrected chi connectivity index (χ2v) is 6.97. The van der Waals surface area contributed by atoms with Gasteiger partial charge in [-0.05, 0) is 55.8 Å². The monoisotopic (exact) mass is 290 g/mol. The molecule has 0 atom stereocenters. The number of hydrogen-bond donors (Lipinski definition) is 1. The van der Waals surface area contributed by atoms with Gasteiger partial charge in [0.2, 0.25) is 0 Å². The van der Waals surface area contributed by atoms with E-state index in [1.54, 1.807) is 6.07 Å². The van der Waals surface area contributed by atoms with Crippen LogP contribution in [0.3, 0.4) is 0 Å². The summed E-state index contributed by atoms with van der Waals surface area (Å²) < 4.78 is 14.1. The van der Waals surface area contributed by atoms with Crippen molar-refractivity contribution in [2.75, 3.05) is 13.1 Å². The van der Waals surface area contributed by atoms with Gasteiger partial charge >= 0.3 is 0 Å². The summed E-state index contributed by atoms with van der Waals surface area (Å²) in [5.74, 6) is -0.101. The zero-order chi connectivity index (χ0) is 14.7. The molecule has 1 saturated carbocycles. The van der Waals surface area contributed by atoms with Crippen molar-refractivity contribution < 1.29 is 4.39 Å². The van der Waals surface area contributed by atoms with E-state index in [1.807, 2.05) is 12.1 Å². The first-order chi connectivity index (χ1) is 10.2. The molecule has 0 unspecified atom stereocenters. The van der Waals surface area contributed by atoms with Crippen LogP contribution in [0, 0.1) is 11.2 Å². The fourth-order valence-electron chi connectivity index (χ4n) is 4.07. The SMILES string of the molecule is NCc1ccc(CN2CCC3(CCCCC3)CC2)c(F)c1. The quantitative estimate of drug-likeness (QED) is 0.916. The summed E-state index contributed by atoms with van der Waals surface area (Å²) in [5, 5.41) is 0. The Kier molecular flexibility index (Phi) is 4.60. The Bertz CT molecular complexity index is 470.